The lowest BCUT2D eigenvalue weighted by Crippen LogP contribution is -2.36. The van der Waals surface area contributed by atoms with Crippen molar-refractivity contribution in [3.63, 3.8) is 0 Å². The van der Waals surface area contributed by atoms with Gasteiger partial charge in [-0.05, 0) is 17.7 Å². The van der Waals surface area contributed by atoms with Crippen molar-refractivity contribution in [2.24, 2.45) is 0 Å². The van der Waals surface area contributed by atoms with E-state index in [-0.39, 0.29) is 5.56 Å². The number of nitrogens with zero attached hydrogens (tertiary/aromatic N) is 3. The fraction of sp³-hybridized carbons (Fsp3) is 0.263. The molecule has 4 nitrogen and oxygen atoms in total. The molecule has 0 saturated carbocycles. The second kappa shape index (κ2) is 6.79. The summed E-state index contributed by atoms with van der Waals surface area (Å²) in [7, 11) is 0. The second-order valence-corrected chi connectivity index (χ2v) is 7.14. The lowest BCUT2D eigenvalue weighted by molar-refractivity contribution is 0.209. The zero-order valence-electron chi connectivity index (χ0n) is 13.3. The van der Waals surface area contributed by atoms with Crippen molar-refractivity contribution in [2.75, 3.05) is 18.1 Å². The summed E-state index contributed by atoms with van der Waals surface area (Å²) in [4.78, 5) is 19.4. The van der Waals surface area contributed by atoms with Crippen LogP contribution in [0.5, 0.6) is 0 Å². The Balaban J connectivity index is 1.64. The largest absolute Gasteiger partial charge is 0.289 e. The fourth-order valence-corrected chi connectivity index (χ4v) is 4.36. The maximum absolute atomic E-state index is 12.3. The Morgan fingerprint density at radius 2 is 1.96 bits per heavy atom. The molecular formula is C19H19N3OS. The Hall–Kier alpha value is -2.11. The summed E-state index contributed by atoms with van der Waals surface area (Å²) < 4.78 is 1.59. The van der Waals surface area contributed by atoms with Gasteiger partial charge in [-0.25, -0.2) is 4.98 Å². The van der Waals surface area contributed by atoms with Crippen LogP contribution in [0.1, 0.15) is 17.3 Å². The monoisotopic (exact) mass is 337 g/mol. The molecule has 0 N–H and O–H groups in total. The summed E-state index contributed by atoms with van der Waals surface area (Å²) >= 11 is 1.99. The molecule has 0 spiro atoms. The molecule has 1 aliphatic rings. The molecule has 5 heteroatoms. The molecule has 0 amide bonds. The van der Waals surface area contributed by atoms with E-state index in [1.807, 2.05) is 30.0 Å². The van der Waals surface area contributed by atoms with E-state index in [2.05, 4.69) is 40.2 Å². The van der Waals surface area contributed by atoms with E-state index in [0.717, 1.165) is 23.7 Å². The van der Waals surface area contributed by atoms with E-state index >= 15 is 0 Å². The Morgan fingerprint density at radius 1 is 1.12 bits per heavy atom. The summed E-state index contributed by atoms with van der Waals surface area (Å²) in [6.07, 6.45) is 1.76. The summed E-state index contributed by atoms with van der Waals surface area (Å²) in [6, 6.07) is 18.3. The normalized spacial score (nSPS) is 18.8. The van der Waals surface area contributed by atoms with E-state index in [1.54, 1.807) is 16.7 Å². The molecule has 0 radical (unpaired) electrons. The van der Waals surface area contributed by atoms with Gasteiger partial charge in [-0.3, -0.25) is 14.1 Å². The molecule has 122 valence electrons. The smallest absolute Gasteiger partial charge is 0.258 e. The number of rotatable bonds is 3. The SMILES string of the molecule is O=c1cc(CN2CCSCC2c2ccccc2)nc2ccccn12. The lowest BCUT2D eigenvalue weighted by Gasteiger charge is -2.35. The first-order chi connectivity index (χ1) is 11.8. The van der Waals surface area contributed by atoms with Gasteiger partial charge in [0.15, 0.2) is 0 Å². The van der Waals surface area contributed by atoms with Gasteiger partial charge in [0.25, 0.3) is 5.56 Å². The quantitative estimate of drug-likeness (QED) is 0.736. The van der Waals surface area contributed by atoms with Gasteiger partial charge < -0.3 is 0 Å². The van der Waals surface area contributed by atoms with Crippen LogP contribution in [0.25, 0.3) is 5.65 Å². The Morgan fingerprint density at radius 3 is 2.83 bits per heavy atom. The molecule has 0 aliphatic carbocycles. The number of pyridine rings is 1. The van der Waals surface area contributed by atoms with Crippen molar-refractivity contribution < 1.29 is 0 Å². The standard InChI is InChI=1S/C19H19N3OS/c23-19-12-16(20-18-8-4-5-9-22(18)19)13-21-10-11-24-14-17(21)15-6-2-1-3-7-15/h1-9,12,17H,10-11,13-14H2. The summed E-state index contributed by atoms with van der Waals surface area (Å²) in [5.74, 6) is 2.20. The molecule has 24 heavy (non-hydrogen) atoms. The van der Waals surface area contributed by atoms with E-state index in [4.69, 9.17) is 0 Å². The van der Waals surface area contributed by atoms with Crippen LogP contribution in [0.3, 0.4) is 0 Å². The van der Waals surface area contributed by atoms with Gasteiger partial charge in [0, 0.05) is 42.9 Å². The third-order valence-corrected chi connectivity index (χ3v) is 5.44. The van der Waals surface area contributed by atoms with Crippen LogP contribution in [0.4, 0.5) is 0 Å². The minimum atomic E-state index is -0.0155. The maximum atomic E-state index is 12.3. The third-order valence-electron chi connectivity index (χ3n) is 4.41. The number of benzene rings is 1. The van der Waals surface area contributed by atoms with Crippen molar-refractivity contribution in [3.8, 4) is 0 Å². The van der Waals surface area contributed by atoms with E-state index in [0.29, 0.717) is 18.2 Å². The zero-order valence-corrected chi connectivity index (χ0v) is 14.2. The molecule has 0 bridgehead atoms. The highest BCUT2D eigenvalue weighted by molar-refractivity contribution is 7.99. The Labute approximate surface area is 145 Å². The first-order valence-corrected chi connectivity index (χ1v) is 9.31. The zero-order chi connectivity index (χ0) is 16.4. The van der Waals surface area contributed by atoms with Crippen LogP contribution in [0.15, 0.2) is 65.6 Å². The van der Waals surface area contributed by atoms with Crippen LogP contribution in [0, 0.1) is 0 Å². The Bertz CT molecular complexity index is 894. The van der Waals surface area contributed by atoms with Crippen LogP contribution in [-0.2, 0) is 6.54 Å². The van der Waals surface area contributed by atoms with Crippen LogP contribution in [0.2, 0.25) is 0 Å². The molecule has 1 saturated heterocycles. The highest BCUT2D eigenvalue weighted by atomic mass is 32.2. The highest BCUT2D eigenvalue weighted by Gasteiger charge is 2.24. The van der Waals surface area contributed by atoms with Crippen molar-refractivity contribution >= 4 is 17.4 Å². The van der Waals surface area contributed by atoms with Crippen molar-refractivity contribution in [1.29, 1.82) is 0 Å². The minimum Gasteiger partial charge on any atom is -0.289 e. The molecule has 1 aromatic carbocycles. The number of fused-ring (bicyclic) bond motifs is 1. The average molecular weight is 337 g/mol. The highest BCUT2D eigenvalue weighted by Crippen LogP contribution is 2.30. The van der Waals surface area contributed by atoms with E-state index in [1.165, 1.54) is 5.56 Å². The number of aromatic nitrogens is 2. The number of hydrogen-bond donors (Lipinski definition) is 0. The van der Waals surface area contributed by atoms with Crippen molar-refractivity contribution in [1.82, 2.24) is 14.3 Å². The molecule has 3 heterocycles. The topological polar surface area (TPSA) is 37.6 Å². The Kier molecular flexibility index (Phi) is 4.36. The van der Waals surface area contributed by atoms with Gasteiger partial charge in [-0.2, -0.15) is 11.8 Å². The predicted molar refractivity (Wildman–Crippen MR) is 98.4 cm³/mol. The molecule has 2 aromatic heterocycles. The van der Waals surface area contributed by atoms with Gasteiger partial charge >= 0.3 is 0 Å². The lowest BCUT2D eigenvalue weighted by atomic mass is 10.1. The average Bonchev–Trinajstić information content (AvgIpc) is 2.63. The molecule has 4 rings (SSSR count). The molecule has 1 atom stereocenters. The first-order valence-electron chi connectivity index (χ1n) is 8.15. The maximum Gasteiger partial charge on any atom is 0.258 e. The van der Waals surface area contributed by atoms with Crippen molar-refractivity contribution in [3.05, 3.63) is 82.4 Å². The molecule has 1 aliphatic heterocycles. The van der Waals surface area contributed by atoms with E-state index in [9.17, 15) is 4.79 Å². The summed E-state index contributed by atoms with van der Waals surface area (Å²) in [6.45, 7) is 1.72. The minimum absolute atomic E-state index is 0.0155. The molecular weight excluding hydrogens is 318 g/mol. The van der Waals surface area contributed by atoms with Crippen LogP contribution >= 0.6 is 11.8 Å². The van der Waals surface area contributed by atoms with E-state index < -0.39 is 0 Å². The second-order valence-electron chi connectivity index (χ2n) is 5.99. The predicted octanol–water partition coefficient (Wildman–Crippen LogP) is 2.98. The van der Waals surface area contributed by atoms with Crippen LogP contribution < -0.4 is 5.56 Å². The fourth-order valence-electron chi connectivity index (χ4n) is 3.20. The third kappa shape index (κ3) is 3.09. The first kappa shape index (κ1) is 15.4. The van der Waals surface area contributed by atoms with Gasteiger partial charge in [0.05, 0.1) is 5.69 Å². The summed E-state index contributed by atoms with van der Waals surface area (Å²) in [5, 5.41) is 0. The van der Waals surface area contributed by atoms with Gasteiger partial charge in [-0.1, -0.05) is 36.4 Å². The van der Waals surface area contributed by atoms with Gasteiger partial charge in [0.1, 0.15) is 5.65 Å². The summed E-state index contributed by atoms with van der Waals surface area (Å²) in [5.41, 5.74) is 2.88. The van der Waals surface area contributed by atoms with Gasteiger partial charge in [0.2, 0.25) is 0 Å². The number of hydrogen-bond acceptors (Lipinski definition) is 4. The van der Waals surface area contributed by atoms with Crippen LogP contribution in [-0.4, -0.2) is 32.3 Å². The number of thioether (sulfide) groups is 1. The molecule has 1 unspecified atom stereocenters. The molecule has 1 fully saturated rings. The molecule has 3 aromatic rings. The van der Waals surface area contributed by atoms with Crippen molar-refractivity contribution in [2.45, 2.75) is 12.6 Å². The van der Waals surface area contributed by atoms with Gasteiger partial charge in [-0.15, -0.1) is 0 Å².